The Bertz CT molecular complexity index is 1010. The van der Waals surface area contributed by atoms with E-state index in [2.05, 4.69) is 15.6 Å². The molecule has 1 N–H and O–H groups in total. The number of hydrogen-bond acceptors (Lipinski definition) is 8. The minimum absolute atomic E-state index is 0.0488. The van der Waals surface area contributed by atoms with Crippen molar-refractivity contribution >= 4 is 33.2 Å². The van der Waals surface area contributed by atoms with Crippen LogP contribution in [-0.2, 0) is 14.8 Å². The zero-order valence-electron chi connectivity index (χ0n) is 17.1. The van der Waals surface area contributed by atoms with Crippen molar-refractivity contribution in [1.82, 2.24) is 24.6 Å². The molecule has 1 unspecified atom stereocenters. The van der Waals surface area contributed by atoms with E-state index < -0.39 is 16.0 Å². The van der Waals surface area contributed by atoms with Gasteiger partial charge in [-0.3, -0.25) is 4.79 Å². The number of nitrogens with zero attached hydrogens (tertiary/aromatic N) is 4. The van der Waals surface area contributed by atoms with E-state index in [-0.39, 0.29) is 34.0 Å². The van der Waals surface area contributed by atoms with Gasteiger partial charge in [0, 0.05) is 19.6 Å². The molecule has 164 valence electrons. The monoisotopic (exact) mass is 455 g/mol. The number of rotatable bonds is 7. The Morgan fingerprint density at radius 2 is 2.17 bits per heavy atom. The smallest absolute Gasteiger partial charge is 0.349 e. The molecule has 0 spiro atoms. The molecule has 2 aromatic heterocycles. The zero-order valence-corrected chi connectivity index (χ0v) is 18.7. The second kappa shape index (κ2) is 9.23. The molecule has 1 saturated heterocycles. The molecule has 0 saturated carbocycles. The molecule has 3 rings (SSSR count). The summed E-state index contributed by atoms with van der Waals surface area (Å²) >= 11 is 1.03. The highest BCUT2D eigenvalue weighted by molar-refractivity contribution is 7.89. The Hall–Kier alpha value is -2.31. The average Bonchev–Trinajstić information content (AvgIpc) is 3.41. The fourth-order valence-corrected chi connectivity index (χ4v) is 6.01. The molecule has 10 nitrogen and oxygen atoms in total. The predicted molar refractivity (Wildman–Crippen MR) is 110 cm³/mol. The third kappa shape index (κ3) is 4.71. The summed E-state index contributed by atoms with van der Waals surface area (Å²) in [4.78, 5) is 24.1. The third-order valence-electron chi connectivity index (χ3n) is 4.76. The molecule has 2 aromatic rings. The SMILES string of the molecule is COC(=O)c1sccc1S(=O)(=O)N1CCCC(n2cc(C(=O)NCC(C)C)nn2)C1. The molecule has 3 heterocycles. The van der Waals surface area contributed by atoms with Crippen molar-refractivity contribution in [2.24, 2.45) is 5.92 Å². The normalized spacial score (nSPS) is 17.8. The van der Waals surface area contributed by atoms with Crippen molar-refractivity contribution in [2.75, 3.05) is 26.7 Å². The van der Waals surface area contributed by atoms with Crippen LogP contribution in [0.5, 0.6) is 0 Å². The fraction of sp³-hybridized carbons (Fsp3) is 0.556. The first-order valence-electron chi connectivity index (χ1n) is 9.60. The van der Waals surface area contributed by atoms with E-state index >= 15 is 0 Å². The summed E-state index contributed by atoms with van der Waals surface area (Å²) in [6, 6.07) is 1.16. The van der Waals surface area contributed by atoms with Gasteiger partial charge in [0.15, 0.2) is 5.69 Å². The van der Waals surface area contributed by atoms with Gasteiger partial charge < -0.3 is 10.1 Å². The number of thiophene rings is 1. The molecule has 0 aromatic carbocycles. The first kappa shape index (κ1) is 22.4. The second-order valence-corrected chi connectivity index (χ2v) is 10.3. The first-order chi connectivity index (χ1) is 14.2. The van der Waals surface area contributed by atoms with Crippen LogP contribution in [0.3, 0.4) is 0 Å². The summed E-state index contributed by atoms with van der Waals surface area (Å²) in [6.07, 6.45) is 2.87. The lowest BCUT2D eigenvalue weighted by Crippen LogP contribution is -2.41. The molecule has 1 aliphatic heterocycles. The Balaban J connectivity index is 1.75. The lowest BCUT2D eigenvalue weighted by atomic mass is 10.1. The van der Waals surface area contributed by atoms with Gasteiger partial charge in [0.05, 0.1) is 19.3 Å². The highest BCUT2D eigenvalue weighted by atomic mass is 32.2. The molecule has 0 bridgehead atoms. The number of methoxy groups -OCH3 is 1. The second-order valence-electron chi connectivity index (χ2n) is 7.45. The summed E-state index contributed by atoms with van der Waals surface area (Å²) in [5, 5.41) is 12.3. The number of carbonyl (C=O) groups is 2. The quantitative estimate of drug-likeness (QED) is 0.628. The molecule has 1 amide bonds. The van der Waals surface area contributed by atoms with Crippen LogP contribution in [0.4, 0.5) is 0 Å². The largest absolute Gasteiger partial charge is 0.465 e. The number of nitrogens with one attached hydrogen (secondary N) is 1. The minimum Gasteiger partial charge on any atom is -0.465 e. The standard InChI is InChI=1S/C18H25N5O5S2/c1-12(2)9-19-17(24)14-11-23(21-20-14)13-5-4-7-22(10-13)30(26,27)15-6-8-29-16(15)18(25)28-3/h6,8,11-13H,4-5,7,9-10H2,1-3H3,(H,19,24). The molecule has 1 atom stereocenters. The van der Waals surface area contributed by atoms with E-state index in [9.17, 15) is 18.0 Å². The van der Waals surface area contributed by atoms with E-state index in [0.29, 0.717) is 31.8 Å². The van der Waals surface area contributed by atoms with Gasteiger partial charge in [-0.1, -0.05) is 19.1 Å². The van der Waals surface area contributed by atoms with Crippen molar-refractivity contribution in [3.8, 4) is 0 Å². The first-order valence-corrected chi connectivity index (χ1v) is 11.9. The molecule has 1 aliphatic rings. The van der Waals surface area contributed by atoms with Gasteiger partial charge in [-0.2, -0.15) is 4.31 Å². The summed E-state index contributed by atoms with van der Waals surface area (Å²) in [6.45, 7) is 5.03. The number of ether oxygens (including phenoxy) is 1. The van der Waals surface area contributed by atoms with E-state index in [1.54, 1.807) is 16.3 Å². The highest BCUT2D eigenvalue weighted by Crippen LogP contribution is 2.30. The molecular formula is C18H25N5O5S2. The molecule has 0 aliphatic carbocycles. The third-order valence-corrected chi connectivity index (χ3v) is 7.70. The molecule has 30 heavy (non-hydrogen) atoms. The molecule has 0 radical (unpaired) electrons. The van der Waals surface area contributed by atoms with Crippen LogP contribution in [0, 0.1) is 5.92 Å². The van der Waals surface area contributed by atoms with Crippen molar-refractivity contribution in [1.29, 1.82) is 0 Å². The summed E-state index contributed by atoms with van der Waals surface area (Å²) < 4.78 is 33.9. The van der Waals surface area contributed by atoms with Crippen molar-refractivity contribution < 1.29 is 22.7 Å². The molecule has 12 heteroatoms. The van der Waals surface area contributed by atoms with E-state index in [1.165, 1.54) is 17.5 Å². The number of carbonyl (C=O) groups excluding carboxylic acids is 2. The van der Waals surface area contributed by atoms with Crippen LogP contribution in [0.1, 0.15) is 52.9 Å². The topological polar surface area (TPSA) is 123 Å². The van der Waals surface area contributed by atoms with Gasteiger partial charge in [-0.15, -0.1) is 16.4 Å². The van der Waals surface area contributed by atoms with Crippen LogP contribution >= 0.6 is 11.3 Å². The zero-order chi connectivity index (χ0) is 21.9. The Kier molecular flexibility index (Phi) is 6.88. The van der Waals surface area contributed by atoms with Crippen LogP contribution in [-0.4, -0.2) is 66.3 Å². The lowest BCUT2D eigenvalue weighted by Gasteiger charge is -2.31. The fourth-order valence-electron chi connectivity index (χ4n) is 3.18. The van der Waals surface area contributed by atoms with Crippen LogP contribution in [0.2, 0.25) is 0 Å². The van der Waals surface area contributed by atoms with E-state index in [0.717, 1.165) is 11.3 Å². The number of sulfonamides is 1. The Morgan fingerprint density at radius 1 is 1.40 bits per heavy atom. The van der Waals surface area contributed by atoms with Crippen LogP contribution in [0.25, 0.3) is 0 Å². The van der Waals surface area contributed by atoms with Crippen molar-refractivity contribution in [3.05, 3.63) is 28.2 Å². The lowest BCUT2D eigenvalue weighted by molar-refractivity contribution is 0.0602. The maximum Gasteiger partial charge on any atom is 0.349 e. The van der Waals surface area contributed by atoms with Gasteiger partial charge in [0.1, 0.15) is 9.77 Å². The maximum absolute atomic E-state index is 13.1. The summed E-state index contributed by atoms with van der Waals surface area (Å²) in [7, 11) is -2.65. The maximum atomic E-state index is 13.1. The Morgan fingerprint density at radius 3 is 2.87 bits per heavy atom. The number of piperidine rings is 1. The van der Waals surface area contributed by atoms with Crippen molar-refractivity contribution in [3.63, 3.8) is 0 Å². The summed E-state index contributed by atoms with van der Waals surface area (Å²) in [5.74, 6) is -0.671. The number of amides is 1. The van der Waals surface area contributed by atoms with E-state index in [1.807, 2.05) is 13.8 Å². The predicted octanol–water partition coefficient (Wildman–Crippen LogP) is 1.54. The number of esters is 1. The highest BCUT2D eigenvalue weighted by Gasteiger charge is 2.35. The van der Waals surface area contributed by atoms with Gasteiger partial charge in [0.25, 0.3) is 5.91 Å². The average molecular weight is 456 g/mol. The van der Waals surface area contributed by atoms with Gasteiger partial charge in [-0.05, 0) is 30.2 Å². The molecule has 1 fully saturated rings. The minimum atomic E-state index is -3.87. The molecular weight excluding hydrogens is 430 g/mol. The van der Waals surface area contributed by atoms with Crippen LogP contribution < -0.4 is 5.32 Å². The summed E-state index contributed by atoms with van der Waals surface area (Å²) in [5.41, 5.74) is 0.196. The van der Waals surface area contributed by atoms with Gasteiger partial charge in [-0.25, -0.2) is 17.9 Å². The van der Waals surface area contributed by atoms with Crippen LogP contribution in [0.15, 0.2) is 22.5 Å². The van der Waals surface area contributed by atoms with Gasteiger partial charge in [0.2, 0.25) is 10.0 Å². The van der Waals surface area contributed by atoms with Crippen molar-refractivity contribution in [2.45, 2.75) is 37.6 Å². The Labute approximate surface area is 179 Å². The number of hydrogen-bond donors (Lipinski definition) is 1. The van der Waals surface area contributed by atoms with Gasteiger partial charge >= 0.3 is 5.97 Å². The number of aromatic nitrogens is 3. The van der Waals surface area contributed by atoms with E-state index in [4.69, 9.17) is 4.74 Å².